The number of hydrogen-bond donors (Lipinski definition) is 2. The van der Waals surface area contributed by atoms with E-state index < -0.39 is 6.03 Å². The molecule has 2 N–H and O–H groups in total. The molecule has 0 aliphatic carbocycles. The first-order valence-electron chi connectivity index (χ1n) is 9.50. The van der Waals surface area contributed by atoms with Crippen molar-refractivity contribution < 1.29 is 14.3 Å². The number of thioether (sulfide) groups is 1. The van der Waals surface area contributed by atoms with E-state index >= 15 is 0 Å². The van der Waals surface area contributed by atoms with Crippen LogP contribution in [-0.4, -0.2) is 47.0 Å². The lowest BCUT2D eigenvalue weighted by atomic mass is 10.3. The average molecular weight is 413 g/mol. The van der Waals surface area contributed by atoms with E-state index in [0.717, 1.165) is 16.7 Å². The van der Waals surface area contributed by atoms with Crippen molar-refractivity contribution in [1.82, 2.24) is 20.2 Å². The molecular formula is C21H24N4O3S. The third-order valence-corrected chi connectivity index (χ3v) is 5.02. The molecule has 0 saturated carbocycles. The van der Waals surface area contributed by atoms with Crippen LogP contribution in [-0.2, 0) is 9.53 Å². The van der Waals surface area contributed by atoms with Crippen LogP contribution in [0, 0.1) is 0 Å². The Kier molecular flexibility index (Phi) is 7.66. The van der Waals surface area contributed by atoms with Crippen molar-refractivity contribution in [3.8, 4) is 5.69 Å². The van der Waals surface area contributed by atoms with E-state index in [9.17, 15) is 9.59 Å². The maximum Gasteiger partial charge on any atom is 0.321 e. The number of carbonyl (C=O) groups excluding carboxylic acids is 2. The van der Waals surface area contributed by atoms with Gasteiger partial charge in [0.05, 0.1) is 16.8 Å². The molecule has 8 heteroatoms. The van der Waals surface area contributed by atoms with E-state index in [-0.39, 0.29) is 11.7 Å². The van der Waals surface area contributed by atoms with Crippen LogP contribution in [0.5, 0.6) is 0 Å². The van der Waals surface area contributed by atoms with Gasteiger partial charge in [-0.05, 0) is 37.6 Å². The zero-order valence-corrected chi connectivity index (χ0v) is 17.1. The lowest BCUT2D eigenvalue weighted by Gasteiger charge is -2.09. The number of urea groups is 1. The van der Waals surface area contributed by atoms with Gasteiger partial charge in [-0.2, -0.15) is 0 Å². The van der Waals surface area contributed by atoms with Crippen molar-refractivity contribution in [2.75, 3.05) is 25.5 Å². The number of imidazole rings is 1. The van der Waals surface area contributed by atoms with Crippen molar-refractivity contribution in [3.05, 3.63) is 54.6 Å². The van der Waals surface area contributed by atoms with Crippen LogP contribution < -0.4 is 10.6 Å². The molecule has 0 saturated heterocycles. The fourth-order valence-electron chi connectivity index (χ4n) is 2.78. The summed E-state index contributed by atoms with van der Waals surface area (Å²) in [6, 6.07) is 17.2. The molecule has 3 rings (SSSR count). The molecule has 3 amide bonds. The zero-order chi connectivity index (χ0) is 20.5. The highest BCUT2D eigenvalue weighted by molar-refractivity contribution is 7.99. The molecule has 0 bridgehead atoms. The van der Waals surface area contributed by atoms with Crippen molar-refractivity contribution in [2.24, 2.45) is 0 Å². The number of aromatic nitrogens is 2. The Morgan fingerprint density at radius 1 is 1.10 bits per heavy atom. The summed E-state index contributed by atoms with van der Waals surface area (Å²) < 4.78 is 7.22. The van der Waals surface area contributed by atoms with E-state index in [1.807, 2.05) is 66.1 Å². The molecule has 3 aromatic rings. The number of ether oxygens (including phenoxy) is 1. The number of carbonyl (C=O) groups is 2. The summed E-state index contributed by atoms with van der Waals surface area (Å²) >= 11 is 1.29. The number of rotatable bonds is 9. The standard InChI is InChI=1S/C21H24N4O3S/c1-2-28-14-8-13-22-20(27)24-19(26)15-29-21-23-17-11-6-7-12-18(17)25(21)16-9-4-3-5-10-16/h3-7,9-12H,2,8,13-15H2,1H3,(H2,22,24,26,27). The first-order chi connectivity index (χ1) is 14.2. The Balaban J connectivity index is 1.61. The maximum absolute atomic E-state index is 12.2. The fraction of sp³-hybridized carbons (Fsp3) is 0.286. The van der Waals surface area contributed by atoms with Gasteiger partial charge in [-0.25, -0.2) is 9.78 Å². The van der Waals surface area contributed by atoms with E-state index in [1.54, 1.807) is 0 Å². The molecule has 1 aromatic heterocycles. The van der Waals surface area contributed by atoms with Gasteiger partial charge < -0.3 is 10.1 Å². The Hall–Kier alpha value is -2.84. The highest BCUT2D eigenvalue weighted by atomic mass is 32.2. The van der Waals surface area contributed by atoms with Gasteiger partial charge in [0, 0.05) is 25.4 Å². The summed E-state index contributed by atoms with van der Waals surface area (Å²) in [5.74, 6) is -0.285. The fourth-order valence-corrected chi connectivity index (χ4v) is 3.61. The molecule has 0 spiro atoms. The van der Waals surface area contributed by atoms with Gasteiger partial charge in [0.15, 0.2) is 5.16 Å². The quantitative estimate of drug-likeness (QED) is 0.416. The number of benzene rings is 2. The number of fused-ring (bicyclic) bond motifs is 1. The SMILES string of the molecule is CCOCCCNC(=O)NC(=O)CSc1nc2ccccc2n1-c1ccccc1. The molecule has 0 fully saturated rings. The number of para-hydroxylation sites is 3. The Labute approximate surface area is 173 Å². The maximum atomic E-state index is 12.2. The molecule has 2 aromatic carbocycles. The summed E-state index contributed by atoms with van der Waals surface area (Å²) in [6.07, 6.45) is 0.700. The summed E-state index contributed by atoms with van der Waals surface area (Å²) in [7, 11) is 0. The Bertz CT molecular complexity index is 959. The van der Waals surface area contributed by atoms with Crippen LogP contribution in [0.2, 0.25) is 0 Å². The van der Waals surface area contributed by atoms with Crippen molar-refractivity contribution >= 4 is 34.7 Å². The summed E-state index contributed by atoms with van der Waals surface area (Å²) in [4.78, 5) is 28.6. The van der Waals surface area contributed by atoms with E-state index in [1.165, 1.54) is 11.8 Å². The topological polar surface area (TPSA) is 85.2 Å². The first kappa shape index (κ1) is 20.9. The highest BCUT2D eigenvalue weighted by Gasteiger charge is 2.15. The second-order valence-electron chi connectivity index (χ2n) is 6.20. The van der Waals surface area contributed by atoms with Crippen LogP contribution >= 0.6 is 11.8 Å². The summed E-state index contributed by atoms with van der Waals surface area (Å²) in [5.41, 5.74) is 2.79. The van der Waals surface area contributed by atoms with Crippen molar-refractivity contribution in [3.63, 3.8) is 0 Å². The molecule has 0 radical (unpaired) electrons. The number of amides is 3. The minimum absolute atomic E-state index is 0.0858. The second-order valence-corrected chi connectivity index (χ2v) is 7.14. The highest BCUT2D eigenvalue weighted by Crippen LogP contribution is 2.27. The van der Waals surface area contributed by atoms with Gasteiger partial charge in [0.2, 0.25) is 5.91 Å². The molecule has 0 aliphatic rings. The molecule has 1 heterocycles. The number of nitrogens with zero attached hydrogens (tertiary/aromatic N) is 2. The van der Waals surface area contributed by atoms with Crippen LogP contribution in [0.15, 0.2) is 59.8 Å². The summed E-state index contributed by atoms with van der Waals surface area (Å²) in [6.45, 7) is 3.60. The van der Waals surface area contributed by atoms with Crippen LogP contribution in [0.3, 0.4) is 0 Å². The van der Waals surface area contributed by atoms with Crippen molar-refractivity contribution in [1.29, 1.82) is 0 Å². The molecule has 0 unspecified atom stereocenters. The van der Waals surface area contributed by atoms with E-state index in [4.69, 9.17) is 4.74 Å². The number of nitrogens with one attached hydrogen (secondary N) is 2. The van der Waals surface area contributed by atoms with Crippen LogP contribution in [0.4, 0.5) is 4.79 Å². The second kappa shape index (κ2) is 10.6. The molecule has 152 valence electrons. The Morgan fingerprint density at radius 3 is 2.66 bits per heavy atom. The normalized spacial score (nSPS) is 10.8. The average Bonchev–Trinajstić information content (AvgIpc) is 3.11. The summed E-state index contributed by atoms with van der Waals surface area (Å²) in [5, 5.41) is 5.69. The van der Waals surface area contributed by atoms with Crippen LogP contribution in [0.25, 0.3) is 16.7 Å². The molecular weight excluding hydrogens is 388 g/mol. The lowest BCUT2D eigenvalue weighted by molar-refractivity contribution is -0.117. The predicted molar refractivity (Wildman–Crippen MR) is 114 cm³/mol. The van der Waals surface area contributed by atoms with Gasteiger partial charge in [0.25, 0.3) is 0 Å². The minimum Gasteiger partial charge on any atom is -0.382 e. The van der Waals surface area contributed by atoms with Gasteiger partial charge in [-0.1, -0.05) is 42.1 Å². The van der Waals surface area contributed by atoms with Crippen molar-refractivity contribution in [2.45, 2.75) is 18.5 Å². The minimum atomic E-state index is -0.497. The molecule has 29 heavy (non-hydrogen) atoms. The van der Waals surface area contributed by atoms with Gasteiger partial charge in [-0.3, -0.25) is 14.7 Å². The molecule has 7 nitrogen and oxygen atoms in total. The zero-order valence-electron chi connectivity index (χ0n) is 16.3. The lowest BCUT2D eigenvalue weighted by Crippen LogP contribution is -2.40. The van der Waals surface area contributed by atoms with E-state index in [2.05, 4.69) is 15.6 Å². The van der Waals surface area contributed by atoms with Gasteiger partial charge in [-0.15, -0.1) is 0 Å². The van der Waals surface area contributed by atoms with Gasteiger partial charge >= 0.3 is 6.03 Å². The third kappa shape index (κ3) is 5.82. The largest absolute Gasteiger partial charge is 0.382 e. The third-order valence-electron chi connectivity index (χ3n) is 4.08. The smallest absolute Gasteiger partial charge is 0.321 e. The van der Waals surface area contributed by atoms with Crippen LogP contribution in [0.1, 0.15) is 13.3 Å². The van der Waals surface area contributed by atoms with E-state index in [0.29, 0.717) is 31.3 Å². The molecule has 0 atom stereocenters. The van der Waals surface area contributed by atoms with Gasteiger partial charge in [0.1, 0.15) is 0 Å². The predicted octanol–water partition coefficient (Wildman–Crippen LogP) is 3.37. The number of imide groups is 1. The monoisotopic (exact) mass is 412 g/mol. The Morgan fingerprint density at radius 2 is 1.86 bits per heavy atom. The number of hydrogen-bond acceptors (Lipinski definition) is 5. The first-order valence-corrected chi connectivity index (χ1v) is 10.5. The molecule has 0 aliphatic heterocycles.